The van der Waals surface area contributed by atoms with Gasteiger partial charge in [-0.2, -0.15) is 0 Å². The van der Waals surface area contributed by atoms with E-state index in [4.69, 9.17) is 9.47 Å². The molecular weight excluding hydrogens is 562 g/mol. The Morgan fingerprint density at radius 2 is 1.41 bits per heavy atom. The molecule has 242 valence electrons. The molecule has 0 aliphatic heterocycles. The highest BCUT2D eigenvalue weighted by Gasteiger charge is 2.39. The van der Waals surface area contributed by atoms with E-state index >= 15 is 0 Å². The van der Waals surface area contributed by atoms with E-state index in [-0.39, 0.29) is 18.9 Å². The van der Waals surface area contributed by atoms with E-state index in [2.05, 4.69) is 10.6 Å². The third kappa shape index (κ3) is 11.3. The zero-order valence-corrected chi connectivity index (χ0v) is 27.5. The summed E-state index contributed by atoms with van der Waals surface area (Å²) in [5.74, 6) is -2.22. The highest BCUT2D eigenvalue weighted by atomic mass is 16.6. The molecule has 3 amide bonds. The van der Waals surface area contributed by atoms with Crippen molar-refractivity contribution in [3.63, 3.8) is 0 Å². The lowest BCUT2D eigenvalue weighted by atomic mass is 9.95. The van der Waals surface area contributed by atoms with Crippen molar-refractivity contribution in [2.45, 2.75) is 98.1 Å². The molecule has 3 N–H and O–H groups in total. The standard InChI is InChI=1S/C34H49N3O7/c1-22(2)27(36-32(42)44-34(7,8)9)30(40)37(19-20-38)28(25-18-14-13-15-23(25)3)29(39)35-26(31(41)43-33(4,5)6)21-24-16-11-10-12-17-24/h10-18,22,26-28,38H,19-21H2,1-9H3,(H,35,39)(H,36,42). The van der Waals surface area contributed by atoms with Gasteiger partial charge < -0.3 is 30.1 Å². The third-order valence-electron chi connectivity index (χ3n) is 6.56. The van der Waals surface area contributed by atoms with Gasteiger partial charge in [0.2, 0.25) is 11.8 Å². The Labute approximate surface area is 261 Å². The van der Waals surface area contributed by atoms with Gasteiger partial charge >= 0.3 is 12.1 Å². The number of alkyl carbamates (subject to hydrolysis) is 1. The Bertz CT molecular complexity index is 1270. The average Bonchev–Trinajstić information content (AvgIpc) is 2.90. The molecule has 0 spiro atoms. The Morgan fingerprint density at radius 1 is 0.841 bits per heavy atom. The summed E-state index contributed by atoms with van der Waals surface area (Å²) in [6, 6.07) is 12.9. The minimum atomic E-state index is -1.24. The first-order valence-corrected chi connectivity index (χ1v) is 15.0. The number of carbonyl (C=O) groups is 4. The lowest BCUT2D eigenvalue weighted by Gasteiger charge is -2.36. The van der Waals surface area contributed by atoms with Crippen molar-refractivity contribution in [2.75, 3.05) is 13.2 Å². The molecule has 0 aliphatic rings. The van der Waals surface area contributed by atoms with E-state index in [1.54, 1.807) is 67.5 Å². The van der Waals surface area contributed by atoms with Crippen LogP contribution in [0.15, 0.2) is 54.6 Å². The molecule has 3 unspecified atom stereocenters. The number of esters is 1. The molecule has 0 saturated carbocycles. The van der Waals surface area contributed by atoms with Crippen molar-refractivity contribution >= 4 is 23.9 Å². The van der Waals surface area contributed by atoms with Gasteiger partial charge in [0, 0.05) is 13.0 Å². The molecule has 10 heteroatoms. The summed E-state index contributed by atoms with van der Waals surface area (Å²) in [5, 5.41) is 15.6. The van der Waals surface area contributed by atoms with Gasteiger partial charge in [0.15, 0.2) is 0 Å². The lowest BCUT2D eigenvalue weighted by molar-refractivity contribution is -0.159. The summed E-state index contributed by atoms with van der Waals surface area (Å²) in [7, 11) is 0. The number of aliphatic hydroxyl groups is 1. The number of aryl methyl sites for hydroxylation is 1. The number of benzene rings is 2. The van der Waals surface area contributed by atoms with Crippen molar-refractivity contribution in [3.8, 4) is 0 Å². The minimum absolute atomic E-state index is 0.157. The largest absolute Gasteiger partial charge is 0.458 e. The normalized spacial score (nSPS) is 13.8. The average molecular weight is 612 g/mol. The Morgan fingerprint density at radius 3 is 1.93 bits per heavy atom. The zero-order chi connectivity index (χ0) is 33.2. The summed E-state index contributed by atoms with van der Waals surface area (Å²) in [5.41, 5.74) is 0.443. The minimum Gasteiger partial charge on any atom is -0.458 e. The van der Waals surface area contributed by atoms with Crippen LogP contribution in [0.5, 0.6) is 0 Å². The van der Waals surface area contributed by atoms with Gasteiger partial charge in [0.1, 0.15) is 29.3 Å². The Balaban J connectivity index is 2.57. The van der Waals surface area contributed by atoms with Crippen LogP contribution >= 0.6 is 0 Å². The number of nitrogens with one attached hydrogen (secondary N) is 2. The first-order valence-electron chi connectivity index (χ1n) is 15.0. The molecule has 0 saturated heterocycles. The third-order valence-corrected chi connectivity index (χ3v) is 6.56. The van der Waals surface area contributed by atoms with Crippen molar-refractivity contribution in [3.05, 3.63) is 71.3 Å². The van der Waals surface area contributed by atoms with Crippen LogP contribution in [0.25, 0.3) is 0 Å². The molecule has 0 aliphatic carbocycles. The summed E-state index contributed by atoms with van der Waals surface area (Å²) in [6.07, 6.45) is -0.622. The van der Waals surface area contributed by atoms with Gasteiger partial charge in [0.25, 0.3) is 0 Å². The van der Waals surface area contributed by atoms with E-state index in [9.17, 15) is 24.3 Å². The highest BCUT2D eigenvalue weighted by Crippen LogP contribution is 2.27. The van der Waals surface area contributed by atoms with Gasteiger partial charge in [-0.05, 0) is 71.1 Å². The number of carbonyl (C=O) groups excluding carboxylic acids is 4. The summed E-state index contributed by atoms with van der Waals surface area (Å²) in [4.78, 5) is 55.8. The molecule has 44 heavy (non-hydrogen) atoms. The van der Waals surface area contributed by atoms with E-state index in [1.165, 1.54) is 4.90 Å². The molecule has 0 heterocycles. The highest BCUT2D eigenvalue weighted by molar-refractivity contribution is 5.94. The van der Waals surface area contributed by atoms with Crippen LogP contribution in [-0.2, 0) is 30.3 Å². The summed E-state index contributed by atoms with van der Waals surface area (Å²) >= 11 is 0. The number of nitrogens with zero attached hydrogens (tertiary/aromatic N) is 1. The summed E-state index contributed by atoms with van der Waals surface area (Å²) in [6.45, 7) is 15.1. The number of hydrogen-bond acceptors (Lipinski definition) is 7. The molecule has 0 aromatic heterocycles. The molecule has 2 aromatic rings. The predicted molar refractivity (Wildman–Crippen MR) is 169 cm³/mol. The second kappa shape index (κ2) is 15.7. The van der Waals surface area contributed by atoms with Crippen molar-refractivity contribution < 1.29 is 33.8 Å². The van der Waals surface area contributed by atoms with Crippen molar-refractivity contribution in [1.82, 2.24) is 15.5 Å². The molecule has 2 rings (SSSR count). The van der Waals surface area contributed by atoms with Gasteiger partial charge in [-0.3, -0.25) is 9.59 Å². The van der Waals surface area contributed by atoms with Gasteiger partial charge in [-0.1, -0.05) is 68.4 Å². The van der Waals surface area contributed by atoms with Crippen LogP contribution in [0.4, 0.5) is 4.79 Å². The zero-order valence-electron chi connectivity index (χ0n) is 27.5. The Hall–Kier alpha value is -3.92. The fourth-order valence-corrected chi connectivity index (χ4v) is 4.61. The maximum atomic E-state index is 14.3. The molecule has 0 radical (unpaired) electrons. The smallest absolute Gasteiger partial charge is 0.408 e. The molecule has 10 nitrogen and oxygen atoms in total. The number of ether oxygens (including phenoxy) is 2. The quantitative estimate of drug-likeness (QED) is 0.302. The SMILES string of the molecule is Cc1ccccc1C(C(=O)NC(Cc1ccccc1)C(=O)OC(C)(C)C)N(CCO)C(=O)C(NC(=O)OC(C)(C)C)C(C)C. The molecule has 0 bridgehead atoms. The van der Waals surface area contributed by atoms with Gasteiger partial charge in [-0.15, -0.1) is 0 Å². The van der Waals surface area contributed by atoms with Gasteiger partial charge in [0.05, 0.1) is 6.61 Å². The maximum Gasteiger partial charge on any atom is 0.408 e. The first kappa shape index (κ1) is 36.3. The molecule has 3 atom stereocenters. The van der Waals surface area contributed by atoms with Crippen LogP contribution in [0.3, 0.4) is 0 Å². The van der Waals surface area contributed by atoms with Gasteiger partial charge in [-0.25, -0.2) is 9.59 Å². The maximum absolute atomic E-state index is 14.3. The number of amides is 3. The fraction of sp³-hybridized carbons (Fsp3) is 0.529. The fourth-order valence-electron chi connectivity index (χ4n) is 4.61. The first-order chi connectivity index (χ1) is 20.4. The van der Waals surface area contributed by atoms with Crippen molar-refractivity contribution in [1.29, 1.82) is 0 Å². The number of aliphatic hydroxyl groups excluding tert-OH is 1. The van der Waals surface area contributed by atoms with E-state index < -0.39 is 59.8 Å². The predicted octanol–water partition coefficient (Wildman–Crippen LogP) is 4.48. The monoisotopic (exact) mass is 611 g/mol. The summed E-state index contributed by atoms with van der Waals surface area (Å²) < 4.78 is 11.0. The van der Waals surface area contributed by atoms with E-state index in [0.29, 0.717) is 5.56 Å². The van der Waals surface area contributed by atoms with Crippen LogP contribution in [0.2, 0.25) is 0 Å². The lowest BCUT2D eigenvalue weighted by Crippen LogP contribution is -2.56. The topological polar surface area (TPSA) is 134 Å². The van der Waals surface area contributed by atoms with Crippen LogP contribution in [-0.4, -0.2) is 70.3 Å². The van der Waals surface area contributed by atoms with E-state index in [0.717, 1.165) is 11.1 Å². The molecular formula is C34H49N3O7. The molecule has 0 fully saturated rings. The van der Waals surface area contributed by atoms with Crippen LogP contribution in [0, 0.1) is 12.8 Å². The van der Waals surface area contributed by atoms with Crippen molar-refractivity contribution in [2.24, 2.45) is 5.92 Å². The second-order valence-electron chi connectivity index (χ2n) is 13.2. The number of rotatable bonds is 12. The molecule has 2 aromatic carbocycles. The number of hydrogen-bond donors (Lipinski definition) is 3. The van der Waals surface area contributed by atoms with E-state index in [1.807, 2.05) is 49.4 Å². The van der Waals surface area contributed by atoms with Crippen LogP contribution in [0.1, 0.15) is 78.1 Å². The van der Waals surface area contributed by atoms with Crippen LogP contribution < -0.4 is 10.6 Å². The Kier molecular flexibility index (Phi) is 12.9. The second-order valence-corrected chi connectivity index (χ2v) is 13.2.